The lowest BCUT2D eigenvalue weighted by Gasteiger charge is -2.37. The Kier molecular flexibility index (Phi) is 5.94. The molecule has 2 saturated heterocycles. The van der Waals surface area contributed by atoms with E-state index in [1.165, 1.54) is 16.4 Å². The number of nitrogens with zero attached hydrogens (tertiary/aromatic N) is 2. The third-order valence-corrected chi connectivity index (χ3v) is 7.06. The maximum absolute atomic E-state index is 13.1. The molecule has 26 heavy (non-hydrogen) atoms. The van der Waals surface area contributed by atoms with Crippen molar-refractivity contribution in [2.45, 2.75) is 25.9 Å². The van der Waals surface area contributed by atoms with Crippen molar-refractivity contribution in [1.29, 1.82) is 0 Å². The van der Waals surface area contributed by atoms with Crippen molar-refractivity contribution in [2.75, 3.05) is 38.5 Å². The number of piperidine rings is 1. The maximum Gasteiger partial charge on any atom is 0.225 e. The smallest absolute Gasteiger partial charge is 0.225 e. The summed E-state index contributed by atoms with van der Waals surface area (Å²) in [5.74, 6) is -0.292. The Morgan fingerprint density at radius 2 is 1.85 bits per heavy atom. The van der Waals surface area contributed by atoms with Crippen LogP contribution in [0.25, 0.3) is 0 Å². The number of benzene rings is 1. The van der Waals surface area contributed by atoms with Crippen LogP contribution in [0, 0.1) is 11.7 Å². The highest BCUT2D eigenvalue weighted by Crippen LogP contribution is 2.27. The molecule has 1 amide bonds. The molecule has 1 unspecified atom stereocenters. The minimum absolute atomic E-state index is 0.0639. The van der Waals surface area contributed by atoms with E-state index >= 15 is 0 Å². The highest BCUT2D eigenvalue weighted by molar-refractivity contribution is 7.89. The molecule has 1 aromatic rings. The van der Waals surface area contributed by atoms with Gasteiger partial charge in [0.25, 0.3) is 0 Å². The van der Waals surface area contributed by atoms with Gasteiger partial charge in [-0.05, 0) is 37.5 Å². The van der Waals surface area contributed by atoms with Gasteiger partial charge in [0.2, 0.25) is 15.9 Å². The molecule has 2 heterocycles. The number of hydrogen-bond donors (Lipinski definition) is 0. The first-order valence-corrected chi connectivity index (χ1v) is 10.7. The number of ether oxygens (including phenoxy) is 1. The molecule has 144 valence electrons. The Morgan fingerprint density at radius 3 is 2.46 bits per heavy atom. The SMILES string of the molecule is CCS(=O)(=O)N1CCC(C(=O)N2CCOC(c3ccc(F)cc3)C2)CC1. The Bertz CT molecular complexity index is 730. The summed E-state index contributed by atoms with van der Waals surface area (Å²) in [7, 11) is -3.19. The summed E-state index contributed by atoms with van der Waals surface area (Å²) in [6.07, 6.45) is 0.849. The first-order chi connectivity index (χ1) is 12.4. The van der Waals surface area contributed by atoms with E-state index in [2.05, 4.69) is 0 Å². The number of rotatable bonds is 4. The van der Waals surface area contributed by atoms with E-state index in [4.69, 9.17) is 4.74 Å². The molecule has 0 spiro atoms. The topological polar surface area (TPSA) is 66.9 Å². The van der Waals surface area contributed by atoms with Crippen molar-refractivity contribution < 1.29 is 22.3 Å². The first-order valence-electron chi connectivity index (χ1n) is 9.04. The molecule has 0 saturated carbocycles. The number of sulfonamides is 1. The number of carbonyl (C=O) groups is 1. The molecule has 6 nitrogen and oxygen atoms in total. The molecule has 8 heteroatoms. The zero-order valence-corrected chi connectivity index (χ0v) is 15.8. The van der Waals surface area contributed by atoms with Crippen LogP contribution in [0.1, 0.15) is 31.4 Å². The van der Waals surface area contributed by atoms with E-state index in [1.54, 1.807) is 24.0 Å². The number of amides is 1. The van der Waals surface area contributed by atoms with Crippen molar-refractivity contribution in [3.63, 3.8) is 0 Å². The highest BCUT2D eigenvalue weighted by atomic mass is 32.2. The fraction of sp³-hybridized carbons (Fsp3) is 0.611. The average molecular weight is 384 g/mol. The summed E-state index contributed by atoms with van der Waals surface area (Å²) in [5, 5.41) is 0. The molecule has 0 aromatic heterocycles. The van der Waals surface area contributed by atoms with E-state index in [-0.39, 0.29) is 29.5 Å². The van der Waals surface area contributed by atoms with Crippen LogP contribution < -0.4 is 0 Å². The molecule has 2 aliphatic heterocycles. The predicted molar refractivity (Wildman–Crippen MR) is 95.4 cm³/mol. The van der Waals surface area contributed by atoms with Crippen molar-refractivity contribution in [3.8, 4) is 0 Å². The lowest BCUT2D eigenvalue weighted by Crippen LogP contribution is -2.48. The quantitative estimate of drug-likeness (QED) is 0.794. The van der Waals surface area contributed by atoms with Crippen LogP contribution in [0.15, 0.2) is 24.3 Å². The minimum atomic E-state index is -3.19. The Hall–Kier alpha value is -1.51. The summed E-state index contributed by atoms with van der Waals surface area (Å²) in [6.45, 7) is 3.85. The molecule has 0 radical (unpaired) electrons. The van der Waals surface area contributed by atoms with Crippen LogP contribution in [0.5, 0.6) is 0 Å². The van der Waals surface area contributed by atoms with E-state index < -0.39 is 10.0 Å². The van der Waals surface area contributed by atoms with Gasteiger partial charge in [0, 0.05) is 25.6 Å². The fourth-order valence-electron chi connectivity index (χ4n) is 3.55. The largest absolute Gasteiger partial charge is 0.370 e. The van der Waals surface area contributed by atoms with Crippen LogP contribution in [0.3, 0.4) is 0 Å². The molecule has 0 bridgehead atoms. The number of morpholine rings is 1. The molecule has 0 aliphatic carbocycles. The van der Waals surface area contributed by atoms with Crippen molar-refractivity contribution in [3.05, 3.63) is 35.6 Å². The van der Waals surface area contributed by atoms with Crippen molar-refractivity contribution >= 4 is 15.9 Å². The third-order valence-electron chi connectivity index (χ3n) is 5.18. The molecular formula is C18H25FN2O4S. The number of halogens is 1. The molecule has 2 aliphatic rings. The molecule has 3 rings (SSSR count). The second kappa shape index (κ2) is 8.02. The van der Waals surface area contributed by atoms with Crippen LogP contribution in [0.2, 0.25) is 0 Å². The zero-order valence-electron chi connectivity index (χ0n) is 14.9. The molecule has 0 N–H and O–H groups in total. The number of carbonyl (C=O) groups excluding carboxylic acids is 1. The van der Waals surface area contributed by atoms with Gasteiger partial charge in [-0.1, -0.05) is 12.1 Å². The van der Waals surface area contributed by atoms with Crippen LogP contribution in [-0.4, -0.2) is 62.1 Å². The van der Waals surface area contributed by atoms with Gasteiger partial charge in [-0.3, -0.25) is 4.79 Å². The van der Waals surface area contributed by atoms with Crippen LogP contribution in [-0.2, 0) is 19.6 Å². The zero-order chi connectivity index (χ0) is 18.7. The Balaban J connectivity index is 1.59. The van der Waals surface area contributed by atoms with Gasteiger partial charge < -0.3 is 9.64 Å². The normalized spacial score (nSPS) is 23.2. The molecule has 1 aromatic carbocycles. The standard InChI is InChI=1S/C18H25FN2O4S/c1-2-26(23,24)21-9-7-15(8-10-21)18(22)20-11-12-25-17(13-20)14-3-5-16(19)6-4-14/h3-6,15,17H,2,7-13H2,1H3. The summed E-state index contributed by atoms with van der Waals surface area (Å²) < 4.78 is 44.2. The van der Waals surface area contributed by atoms with E-state index in [0.29, 0.717) is 45.6 Å². The lowest BCUT2D eigenvalue weighted by molar-refractivity contribution is -0.144. The van der Waals surface area contributed by atoms with Crippen molar-refractivity contribution in [1.82, 2.24) is 9.21 Å². The van der Waals surface area contributed by atoms with Crippen LogP contribution in [0.4, 0.5) is 4.39 Å². The lowest BCUT2D eigenvalue weighted by atomic mass is 9.96. The highest BCUT2D eigenvalue weighted by Gasteiger charge is 2.34. The van der Waals surface area contributed by atoms with Gasteiger partial charge in [-0.25, -0.2) is 17.1 Å². The van der Waals surface area contributed by atoms with Gasteiger partial charge in [0.1, 0.15) is 11.9 Å². The fourth-order valence-corrected chi connectivity index (χ4v) is 4.68. The minimum Gasteiger partial charge on any atom is -0.370 e. The maximum atomic E-state index is 13.1. The average Bonchev–Trinajstić information content (AvgIpc) is 2.68. The summed E-state index contributed by atoms with van der Waals surface area (Å²) in [4.78, 5) is 14.7. The predicted octanol–water partition coefficient (Wildman–Crippen LogP) is 1.79. The Labute approximate surface area is 154 Å². The van der Waals surface area contributed by atoms with Gasteiger partial charge in [-0.2, -0.15) is 0 Å². The number of hydrogen-bond acceptors (Lipinski definition) is 4. The van der Waals surface area contributed by atoms with E-state index in [1.807, 2.05) is 0 Å². The monoisotopic (exact) mass is 384 g/mol. The molecule has 2 fully saturated rings. The second-order valence-electron chi connectivity index (χ2n) is 6.77. The Morgan fingerprint density at radius 1 is 1.19 bits per heavy atom. The summed E-state index contributed by atoms with van der Waals surface area (Å²) in [6, 6.07) is 6.15. The third kappa shape index (κ3) is 4.24. The van der Waals surface area contributed by atoms with Gasteiger partial charge in [0.15, 0.2) is 0 Å². The molecule has 1 atom stereocenters. The van der Waals surface area contributed by atoms with Gasteiger partial charge >= 0.3 is 0 Å². The van der Waals surface area contributed by atoms with Crippen LogP contribution >= 0.6 is 0 Å². The van der Waals surface area contributed by atoms with E-state index in [9.17, 15) is 17.6 Å². The van der Waals surface area contributed by atoms with Crippen molar-refractivity contribution in [2.24, 2.45) is 5.92 Å². The second-order valence-corrected chi connectivity index (χ2v) is 9.03. The first kappa shape index (κ1) is 19.3. The summed E-state index contributed by atoms with van der Waals surface area (Å²) >= 11 is 0. The van der Waals surface area contributed by atoms with Gasteiger partial charge in [-0.15, -0.1) is 0 Å². The molecular weight excluding hydrogens is 359 g/mol. The van der Waals surface area contributed by atoms with Gasteiger partial charge in [0.05, 0.1) is 18.9 Å². The summed E-state index contributed by atoms with van der Waals surface area (Å²) in [5.41, 5.74) is 0.854. The van der Waals surface area contributed by atoms with E-state index in [0.717, 1.165) is 5.56 Å².